The van der Waals surface area contributed by atoms with Crippen LogP contribution in [-0.4, -0.2) is 41.7 Å². The number of anilines is 1. The van der Waals surface area contributed by atoms with Gasteiger partial charge in [-0.25, -0.2) is 9.18 Å². The van der Waals surface area contributed by atoms with Crippen LogP contribution in [0.3, 0.4) is 0 Å². The zero-order chi connectivity index (χ0) is 26.1. The number of esters is 1. The molecule has 1 aliphatic heterocycles. The van der Waals surface area contributed by atoms with E-state index < -0.39 is 35.5 Å². The molecule has 0 radical (unpaired) electrons. The van der Waals surface area contributed by atoms with Gasteiger partial charge in [0.2, 0.25) is 5.91 Å². The van der Waals surface area contributed by atoms with E-state index in [1.165, 1.54) is 19.2 Å². The van der Waals surface area contributed by atoms with Crippen LogP contribution in [-0.2, 0) is 9.53 Å². The lowest BCUT2D eigenvalue weighted by Gasteiger charge is -2.26. The van der Waals surface area contributed by atoms with Gasteiger partial charge in [-0.15, -0.1) is 11.3 Å². The number of nitrogens with zero attached hydrogens (tertiary/aromatic N) is 1. The molecule has 9 heteroatoms. The van der Waals surface area contributed by atoms with Crippen molar-refractivity contribution in [3.05, 3.63) is 75.9 Å². The predicted octanol–water partition coefficient (Wildman–Crippen LogP) is 5.30. The lowest BCUT2D eigenvalue weighted by molar-refractivity contribution is -0.120. The fourth-order valence-corrected chi connectivity index (χ4v) is 5.42. The average Bonchev–Trinajstić information content (AvgIpc) is 3.30. The normalized spacial score (nSPS) is 13.7. The van der Waals surface area contributed by atoms with E-state index in [0.717, 1.165) is 16.2 Å². The predicted molar refractivity (Wildman–Crippen MR) is 135 cm³/mol. The first-order chi connectivity index (χ1) is 17.1. The maximum absolute atomic E-state index is 13.6. The molecule has 2 aromatic carbocycles. The molecule has 1 aromatic heterocycles. The summed E-state index contributed by atoms with van der Waals surface area (Å²) in [6.07, 6.45) is 0.236. The first kappa shape index (κ1) is 25.2. The zero-order valence-corrected chi connectivity index (χ0v) is 21.1. The second-order valence-corrected chi connectivity index (χ2v) is 10.1. The molecule has 3 amide bonds. The Labute approximate surface area is 211 Å². The van der Waals surface area contributed by atoms with Crippen LogP contribution in [0, 0.1) is 18.7 Å². The van der Waals surface area contributed by atoms with Gasteiger partial charge in [0.25, 0.3) is 11.8 Å². The molecule has 2 heterocycles. The smallest absolute Gasteiger partial charge is 0.341 e. The third kappa shape index (κ3) is 4.54. The van der Waals surface area contributed by atoms with Crippen molar-refractivity contribution in [1.29, 1.82) is 0 Å². The van der Waals surface area contributed by atoms with E-state index in [-0.39, 0.29) is 34.0 Å². The Morgan fingerprint density at radius 1 is 1.03 bits per heavy atom. The van der Waals surface area contributed by atoms with Crippen LogP contribution in [0.25, 0.3) is 11.1 Å². The van der Waals surface area contributed by atoms with Crippen molar-refractivity contribution < 1.29 is 28.3 Å². The second kappa shape index (κ2) is 10.0. The molecule has 7 nitrogen and oxygen atoms in total. The Balaban J connectivity index is 1.73. The van der Waals surface area contributed by atoms with Crippen molar-refractivity contribution in [3.63, 3.8) is 0 Å². The van der Waals surface area contributed by atoms with Crippen molar-refractivity contribution in [2.45, 2.75) is 33.2 Å². The molecule has 3 aromatic rings. The lowest BCUT2D eigenvalue weighted by atomic mass is 10.00. The summed E-state index contributed by atoms with van der Waals surface area (Å²) in [7, 11) is 1.23. The monoisotopic (exact) mass is 508 g/mol. The molecule has 0 saturated heterocycles. The van der Waals surface area contributed by atoms with Gasteiger partial charge in [0.15, 0.2) is 0 Å². The summed E-state index contributed by atoms with van der Waals surface area (Å²) in [5.41, 5.74) is 1.74. The molecule has 1 unspecified atom stereocenters. The van der Waals surface area contributed by atoms with Gasteiger partial charge in [0, 0.05) is 10.4 Å². The number of hydrogen-bond donors (Lipinski definition) is 1. The minimum absolute atomic E-state index is 0.00927. The number of halogens is 1. The Morgan fingerprint density at radius 2 is 1.61 bits per heavy atom. The highest BCUT2D eigenvalue weighted by Crippen LogP contribution is 2.41. The standard InChI is InChI=1S/C27H25FN2O5S/c1-14(2)13-20(30-25(32)18-7-5-6-8-19(18)26(30)33)23(31)29-24-22(27(34)35-4)21(15(3)36-24)16-9-11-17(28)12-10-16/h5-12,14,20H,13H2,1-4H3,(H,29,31). The molecule has 4 rings (SSSR count). The average molecular weight is 509 g/mol. The number of thiophene rings is 1. The van der Waals surface area contributed by atoms with Gasteiger partial charge < -0.3 is 10.1 Å². The SMILES string of the molecule is COC(=O)c1c(NC(=O)C(CC(C)C)N2C(=O)c3ccccc3C2=O)sc(C)c1-c1ccc(F)cc1. The quantitative estimate of drug-likeness (QED) is 0.345. The molecule has 0 spiro atoms. The van der Waals surface area contributed by atoms with Crippen molar-refractivity contribution in [3.8, 4) is 11.1 Å². The van der Waals surface area contributed by atoms with Gasteiger partial charge in [-0.2, -0.15) is 0 Å². The van der Waals surface area contributed by atoms with E-state index in [1.54, 1.807) is 43.3 Å². The van der Waals surface area contributed by atoms with E-state index in [4.69, 9.17) is 4.74 Å². The highest BCUT2D eigenvalue weighted by Gasteiger charge is 2.43. The minimum Gasteiger partial charge on any atom is -0.465 e. The Morgan fingerprint density at radius 3 is 2.14 bits per heavy atom. The Bertz CT molecular complexity index is 1330. The number of carbonyl (C=O) groups excluding carboxylic acids is 4. The minimum atomic E-state index is -1.08. The van der Waals surface area contributed by atoms with Crippen molar-refractivity contribution in [2.75, 3.05) is 12.4 Å². The molecule has 0 bridgehead atoms. The summed E-state index contributed by atoms with van der Waals surface area (Å²) in [5.74, 6) is -2.74. The molecule has 0 aliphatic carbocycles. The Hall–Kier alpha value is -3.85. The zero-order valence-electron chi connectivity index (χ0n) is 20.3. The number of nitrogens with one attached hydrogen (secondary N) is 1. The molecule has 36 heavy (non-hydrogen) atoms. The number of aryl methyl sites for hydroxylation is 1. The molecule has 1 atom stereocenters. The molecule has 1 N–H and O–H groups in total. The van der Waals surface area contributed by atoms with Gasteiger partial charge in [-0.05, 0) is 49.1 Å². The summed E-state index contributed by atoms with van der Waals surface area (Å²) < 4.78 is 18.5. The number of hydrogen-bond acceptors (Lipinski definition) is 6. The number of benzene rings is 2. The van der Waals surface area contributed by atoms with E-state index in [9.17, 15) is 23.6 Å². The highest BCUT2D eigenvalue weighted by molar-refractivity contribution is 7.17. The lowest BCUT2D eigenvalue weighted by Crippen LogP contribution is -2.48. The summed E-state index contributed by atoms with van der Waals surface area (Å²) in [6.45, 7) is 5.56. The van der Waals surface area contributed by atoms with Crippen LogP contribution in [0.1, 0.15) is 56.2 Å². The van der Waals surface area contributed by atoms with Gasteiger partial charge in [0.1, 0.15) is 22.4 Å². The molecule has 1 aliphatic rings. The second-order valence-electron chi connectivity index (χ2n) is 8.90. The number of carbonyl (C=O) groups is 4. The van der Waals surface area contributed by atoms with Crippen LogP contribution >= 0.6 is 11.3 Å². The van der Waals surface area contributed by atoms with Crippen molar-refractivity contribution in [1.82, 2.24) is 4.90 Å². The third-order valence-corrected chi connectivity index (χ3v) is 7.00. The van der Waals surface area contributed by atoms with Crippen LogP contribution in [0.5, 0.6) is 0 Å². The fraction of sp³-hybridized carbons (Fsp3) is 0.259. The number of imide groups is 1. The first-order valence-electron chi connectivity index (χ1n) is 11.4. The summed E-state index contributed by atoms with van der Waals surface area (Å²) >= 11 is 1.16. The number of amides is 3. The number of methoxy groups -OCH3 is 1. The van der Waals surface area contributed by atoms with E-state index in [0.29, 0.717) is 16.0 Å². The van der Waals surface area contributed by atoms with E-state index >= 15 is 0 Å². The van der Waals surface area contributed by atoms with Crippen molar-refractivity contribution in [2.24, 2.45) is 5.92 Å². The molecule has 0 saturated carbocycles. The summed E-state index contributed by atoms with van der Waals surface area (Å²) in [5, 5.41) is 3.01. The maximum Gasteiger partial charge on any atom is 0.341 e. The van der Waals surface area contributed by atoms with E-state index in [2.05, 4.69) is 5.32 Å². The van der Waals surface area contributed by atoms with Crippen molar-refractivity contribution >= 4 is 40.0 Å². The van der Waals surface area contributed by atoms with Gasteiger partial charge in [-0.3, -0.25) is 19.3 Å². The topological polar surface area (TPSA) is 92.8 Å². The largest absolute Gasteiger partial charge is 0.465 e. The van der Waals surface area contributed by atoms with Crippen LogP contribution in [0.15, 0.2) is 48.5 Å². The Kier molecular flexibility index (Phi) is 7.03. The van der Waals surface area contributed by atoms with Gasteiger partial charge >= 0.3 is 5.97 Å². The summed E-state index contributed by atoms with van der Waals surface area (Å²) in [4.78, 5) is 54.3. The number of rotatable bonds is 7. The maximum atomic E-state index is 13.6. The first-order valence-corrected chi connectivity index (χ1v) is 12.2. The third-order valence-electron chi connectivity index (χ3n) is 5.98. The molecular formula is C27H25FN2O5S. The van der Waals surface area contributed by atoms with Crippen LogP contribution < -0.4 is 5.32 Å². The van der Waals surface area contributed by atoms with Crippen LogP contribution in [0.2, 0.25) is 0 Å². The number of fused-ring (bicyclic) bond motifs is 1. The van der Waals surface area contributed by atoms with Crippen LogP contribution in [0.4, 0.5) is 9.39 Å². The molecule has 0 fully saturated rings. The van der Waals surface area contributed by atoms with Gasteiger partial charge in [-0.1, -0.05) is 38.1 Å². The fourth-order valence-electron chi connectivity index (χ4n) is 4.36. The number of ether oxygens (including phenoxy) is 1. The van der Waals surface area contributed by atoms with Gasteiger partial charge in [0.05, 0.1) is 18.2 Å². The highest BCUT2D eigenvalue weighted by atomic mass is 32.1. The van der Waals surface area contributed by atoms with E-state index in [1.807, 2.05) is 13.8 Å². The molecule has 186 valence electrons. The summed E-state index contributed by atoms with van der Waals surface area (Å²) in [6, 6.07) is 11.0. The molecular weight excluding hydrogens is 483 g/mol.